The van der Waals surface area contributed by atoms with Gasteiger partial charge >= 0.3 is 0 Å². The van der Waals surface area contributed by atoms with E-state index in [0.29, 0.717) is 25.3 Å². The van der Waals surface area contributed by atoms with E-state index in [4.69, 9.17) is 9.47 Å². The van der Waals surface area contributed by atoms with E-state index in [1.165, 1.54) is 6.33 Å². The van der Waals surface area contributed by atoms with Gasteiger partial charge < -0.3 is 14.4 Å². The molecule has 1 aromatic heterocycles. The first-order valence-electron chi connectivity index (χ1n) is 8.13. The first-order chi connectivity index (χ1) is 11.8. The summed E-state index contributed by atoms with van der Waals surface area (Å²) in [6.07, 6.45) is 5.22. The van der Waals surface area contributed by atoms with Gasteiger partial charge in [0, 0.05) is 25.8 Å². The summed E-state index contributed by atoms with van der Waals surface area (Å²) in [5, 5.41) is 4.19. The van der Waals surface area contributed by atoms with Crippen LogP contribution in [0.5, 0.6) is 5.75 Å². The molecule has 0 aliphatic carbocycles. The summed E-state index contributed by atoms with van der Waals surface area (Å²) in [7, 11) is 1.64. The lowest BCUT2D eigenvalue weighted by atomic mass is 10.0. The summed E-state index contributed by atoms with van der Waals surface area (Å²) in [5.41, 5.74) is 0.674. The van der Waals surface area contributed by atoms with E-state index in [1.807, 2.05) is 33.8 Å². The third-order valence-corrected chi connectivity index (χ3v) is 4.15. The van der Waals surface area contributed by atoms with Crippen molar-refractivity contribution in [1.82, 2.24) is 19.7 Å². The molecule has 1 atom stereocenters. The quantitative estimate of drug-likeness (QED) is 0.755. The highest BCUT2D eigenvalue weighted by Crippen LogP contribution is 2.22. The molecular formula is C17H22N4O3. The molecule has 7 heteroatoms. The van der Waals surface area contributed by atoms with Gasteiger partial charge in [-0.3, -0.25) is 4.79 Å². The van der Waals surface area contributed by atoms with Crippen LogP contribution in [0.3, 0.4) is 0 Å². The van der Waals surface area contributed by atoms with Crippen LogP contribution in [0.2, 0.25) is 0 Å². The van der Waals surface area contributed by atoms with Crippen LogP contribution in [0.15, 0.2) is 36.9 Å². The van der Waals surface area contributed by atoms with E-state index in [2.05, 4.69) is 10.1 Å². The van der Waals surface area contributed by atoms with Crippen molar-refractivity contribution < 1.29 is 14.3 Å². The molecule has 24 heavy (non-hydrogen) atoms. The monoisotopic (exact) mass is 330 g/mol. The largest absolute Gasteiger partial charge is 0.491 e. The van der Waals surface area contributed by atoms with Gasteiger partial charge in [-0.05, 0) is 37.1 Å². The van der Waals surface area contributed by atoms with Gasteiger partial charge in [0.2, 0.25) is 0 Å². The van der Waals surface area contributed by atoms with E-state index in [-0.39, 0.29) is 11.9 Å². The number of ether oxygens (including phenoxy) is 2. The fourth-order valence-electron chi connectivity index (χ4n) is 2.88. The van der Waals surface area contributed by atoms with Gasteiger partial charge in [-0.25, -0.2) is 9.67 Å². The van der Waals surface area contributed by atoms with Crippen molar-refractivity contribution in [2.45, 2.75) is 18.9 Å². The third-order valence-electron chi connectivity index (χ3n) is 4.15. The number of aromatic nitrogens is 3. The molecule has 2 heterocycles. The molecule has 1 aliphatic heterocycles. The Balaban J connectivity index is 1.61. The predicted molar refractivity (Wildman–Crippen MR) is 88.0 cm³/mol. The minimum absolute atomic E-state index is 0.0447. The zero-order chi connectivity index (χ0) is 16.8. The standard InChI is InChI=1S/C17H22N4O3/c1-23-9-10-24-16-6-4-14(5-7-16)17(22)20-8-2-3-15(11-20)21-13-18-12-19-21/h4-7,12-13,15H,2-3,8-11H2,1H3/t15-/m1/s1. The lowest BCUT2D eigenvalue weighted by molar-refractivity contribution is 0.0672. The highest BCUT2D eigenvalue weighted by Gasteiger charge is 2.25. The van der Waals surface area contributed by atoms with E-state index >= 15 is 0 Å². The van der Waals surface area contributed by atoms with Crippen molar-refractivity contribution in [2.24, 2.45) is 0 Å². The van der Waals surface area contributed by atoms with Crippen molar-refractivity contribution in [1.29, 1.82) is 0 Å². The SMILES string of the molecule is COCCOc1ccc(C(=O)N2CCC[C@@H](n3cncn3)C2)cc1. The molecule has 2 aromatic rings. The fraction of sp³-hybridized carbons (Fsp3) is 0.471. The zero-order valence-corrected chi connectivity index (χ0v) is 13.8. The molecular weight excluding hydrogens is 308 g/mol. The van der Waals surface area contributed by atoms with Gasteiger partial charge in [0.15, 0.2) is 0 Å². The second-order valence-corrected chi connectivity index (χ2v) is 5.79. The number of hydrogen-bond donors (Lipinski definition) is 0. The Morgan fingerprint density at radius 1 is 1.29 bits per heavy atom. The van der Waals surface area contributed by atoms with Crippen LogP contribution < -0.4 is 4.74 Å². The summed E-state index contributed by atoms with van der Waals surface area (Å²) in [4.78, 5) is 18.6. The number of carbonyl (C=O) groups is 1. The Labute approximate surface area is 141 Å². The molecule has 1 aliphatic rings. The summed E-state index contributed by atoms with van der Waals surface area (Å²) < 4.78 is 12.3. The number of methoxy groups -OCH3 is 1. The molecule has 1 aromatic carbocycles. The molecule has 1 saturated heterocycles. The lowest BCUT2D eigenvalue weighted by Crippen LogP contribution is -2.40. The Hall–Kier alpha value is -2.41. The van der Waals surface area contributed by atoms with Crippen LogP contribution in [0.1, 0.15) is 29.2 Å². The average molecular weight is 330 g/mol. The predicted octanol–water partition coefficient (Wildman–Crippen LogP) is 1.78. The van der Waals surface area contributed by atoms with Crippen molar-refractivity contribution in [2.75, 3.05) is 33.4 Å². The van der Waals surface area contributed by atoms with E-state index in [0.717, 1.165) is 25.1 Å². The highest BCUT2D eigenvalue weighted by molar-refractivity contribution is 5.94. The lowest BCUT2D eigenvalue weighted by Gasteiger charge is -2.32. The van der Waals surface area contributed by atoms with E-state index < -0.39 is 0 Å². The van der Waals surface area contributed by atoms with Gasteiger partial charge in [0.05, 0.1) is 12.6 Å². The van der Waals surface area contributed by atoms with Crippen LogP contribution in [0.25, 0.3) is 0 Å². The number of nitrogens with zero attached hydrogens (tertiary/aromatic N) is 4. The Bertz CT molecular complexity index is 642. The van der Waals surface area contributed by atoms with Crippen molar-refractivity contribution in [3.8, 4) is 5.75 Å². The fourth-order valence-corrected chi connectivity index (χ4v) is 2.88. The average Bonchev–Trinajstić information content (AvgIpc) is 3.17. The summed E-state index contributed by atoms with van der Waals surface area (Å²) in [6.45, 7) is 2.47. The summed E-state index contributed by atoms with van der Waals surface area (Å²) >= 11 is 0. The van der Waals surface area contributed by atoms with Crippen molar-refractivity contribution >= 4 is 5.91 Å². The Morgan fingerprint density at radius 2 is 2.12 bits per heavy atom. The summed E-state index contributed by atoms with van der Waals surface area (Å²) in [6, 6.07) is 7.46. The maximum atomic E-state index is 12.7. The van der Waals surface area contributed by atoms with Gasteiger partial charge in [0.1, 0.15) is 25.0 Å². The number of carbonyl (C=O) groups excluding carboxylic acids is 1. The third kappa shape index (κ3) is 3.91. The molecule has 0 saturated carbocycles. The molecule has 3 rings (SSSR count). The number of likely N-dealkylation sites (tertiary alicyclic amines) is 1. The number of rotatable bonds is 6. The Kier molecular flexibility index (Phi) is 5.43. The normalized spacial score (nSPS) is 17.7. The first kappa shape index (κ1) is 16.4. The van der Waals surface area contributed by atoms with Crippen LogP contribution >= 0.6 is 0 Å². The number of hydrogen-bond acceptors (Lipinski definition) is 5. The first-order valence-corrected chi connectivity index (χ1v) is 8.13. The molecule has 0 radical (unpaired) electrons. The van der Waals surface area contributed by atoms with Crippen LogP contribution in [-0.2, 0) is 4.74 Å². The van der Waals surface area contributed by atoms with Crippen molar-refractivity contribution in [3.05, 3.63) is 42.5 Å². The highest BCUT2D eigenvalue weighted by atomic mass is 16.5. The van der Waals surface area contributed by atoms with E-state index in [9.17, 15) is 4.79 Å². The van der Waals surface area contributed by atoms with Gasteiger partial charge in [0.25, 0.3) is 5.91 Å². The van der Waals surface area contributed by atoms with Gasteiger partial charge in [-0.2, -0.15) is 5.10 Å². The molecule has 0 unspecified atom stereocenters. The maximum absolute atomic E-state index is 12.7. The minimum Gasteiger partial charge on any atom is -0.491 e. The zero-order valence-electron chi connectivity index (χ0n) is 13.8. The molecule has 0 bridgehead atoms. The number of amides is 1. The van der Waals surface area contributed by atoms with Crippen LogP contribution in [-0.4, -0.2) is 59.0 Å². The number of benzene rings is 1. The summed E-state index contributed by atoms with van der Waals surface area (Å²) in [5.74, 6) is 0.783. The molecule has 0 N–H and O–H groups in total. The molecule has 128 valence electrons. The number of piperidine rings is 1. The second kappa shape index (κ2) is 7.92. The van der Waals surface area contributed by atoms with Crippen molar-refractivity contribution in [3.63, 3.8) is 0 Å². The molecule has 1 amide bonds. The molecule has 7 nitrogen and oxygen atoms in total. The molecule has 0 spiro atoms. The molecule has 1 fully saturated rings. The Morgan fingerprint density at radius 3 is 2.83 bits per heavy atom. The van der Waals surface area contributed by atoms with Crippen LogP contribution in [0.4, 0.5) is 0 Å². The minimum atomic E-state index is 0.0447. The topological polar surface area (TPSA) is 69.5 Å². The van der Waals surface area contributed by atoms with Gasteiger partial charge in [-0.1, -0.05) is 0 Å². The van der Waals surface area contributed by atoms with Crippen LogP contribution in [0, 0.1) is 0 Å². The van der Waals surface area contributed by atoms with E-state index in [1.54, 1.807) is 13.4 Å². The smallest absolute Gasteiger partial charge is 0.253 e. The van der Waals surface area contributed by atoms with Gasteiger partial charge in [-0.15, -0.1) is 0 Å². The maximum Gasteiger partial charge on any atom is 0.253 e. The second-order valence-electron chi connectivity index (χ2n) is 5.79.